The minimum atomic E-state index is -0.559. The molecule has 0 saturated carbocycles. The summed E-state index contributed by atoms with van der Waals surface area (Å²) in [6.45, 7) is 19.3. The zero-order valence-electron chi connectivity index (χ0n) is 41.7. The largest absolute Gasteiger partial charge is 0.490 e. The number of carbonyl (C=O) groups is 2. The van der Waals surface area contributed by atoms with Crippen molar-refractivity contribution in [2.24, 2.45) is 0 Å². The number of hydrogen-bond donors (Lipinski definition) is 2. The van der Waals surface area contributed by atoms with Crippen LogP contribution < -0.4 is 10.6 Å². The van der Waals surface area contributed by atoms with E-state index in [4.69, 9.17) is 24.0 Å². The number of ether oxygens (including phenoxy) is 2. The number of rotatable bonds is 4. The Morgan fingerprint density at radius 1 is 0.696 bits per heavy atom. The fourth-order valence-electron chi connectivity index (χ4n) is 10.3. The van der Waals surface area contributed by atoms with E-state index in [1.54, 1.807) is 0 Å². The predicted octanol–water partition coefficient (Wildman–Crippen LogP) is 13.2. The van der Waals surface area contributed by atoms with Crippen LogP contribution in [-0.2, 0) is 52.0 Å². The number of nitrogens with zero attached hydrogens (tertiary/aromatic N) is 2. The second kappa shape index (κ2) is 21.3. The van der Waals surface area contributed by atoms with Gasteiger partial charge in [-0.2, -0.15) is 10.5 Å². The van der Waals surface area contributed by atoms with E-state index in [2.05, 4.69) is 44.8 Å². The van der Waals surface area contributed by atoms with Gasteiger partial charge in [0.2, 0.25) is 0 Å². The summed E-state index contributed by atoms with van der Waals surface area (Å²) in [5, 5.41) is 24.4. The molecular weight excluding hydrogens is 1040 g/mol. The maximum Gasteiger partial charge on any atom is 0.490 e. The number of nitrogens with one attached hydrogen (secondary N) is 2. The van der Waals surface area contributed by atoms with Crippen molar-refractivity contribution in [3.63, 3.8) is 0 Å². The van der Waals surface area contributed by atoms with Crippen molar-refractivity contribution in [1.29, 1.82) is 10.5 Å². The van der Waals surface area contributed by atoms with Crippen molar-refractivity contribution in [1.82, 2.24) is 10.6 Å². The second-order valence-electron chi connectivity index (χ2n) is 22.0. The van der Waals surface area contributed by atoms with E-state index >= 15 is 4.39 Å². The van der Waals surface area contributed by atoms with Gasteiger partial charge in [-0.15, -0.1) is 0 Å². The Hall–Kier alpha value is -4.09. The molecule has 0 radical (unpaired) electrons. The predicted molar refractivity (Wildman–Crippen MR) is 265 cm³/mol. The fourth-order valence-corrected chi connectivity index (χ4v) is 10.9. The summed E-state index contributed by atoms with van der Waals surface area (Å²) in [5.41, 5.74) is 11.1. The normalized spacial score (nSPS) is 21.6. The smallest absolute Gasteiger partial charge is 0.444 e. The van der Waals surface area contributed by atoms with E-state index in [0.717, 1.165) is 123 Å². The first-order valence-electron chi connectivity index (χ1n) is 24.2. The quantitative estimate of drug-likeness (QED) is 0.288. The van der Waals surface area contributed by atoms with Gasteiger partial charge in [0.25, 0.3) is 0 Å². The third-order valence-electron chi connectivity index (χ3n) is 14.0. The molecule has 15 heteroatoms. The van der Waals surface area contributed by atoms with Gasteiger partial charge in [0.05, 0.1) is 51.0 Å². The molecule has 2 atom stereocenters. The number of fused-ring (bicyclic) bond motifs is 4. The number of hydrogen-bond acceptors (Lipinski definition) is 8. The third kappa shape index (κ3) is 12.3. The molecule has 7 aliphatic rings. The molecule has 0 spiro atoms. The molecule has 0 aromatic heterocycles. The number of amides is 2. The Morgan fingerprint density at radius 3 is 1.67 bits per heavy atom. The van der Waals surface area contributed by atoms with Crippen LogP contribution in [0.5, 0.6) is 0 Å². The second-order valence-corrected chi connectivity index (χ2v) is 22.8. The SMILES string of the molecule is CC(C)(C)OC(=O)N[C@@H]1C=C(B2OC(C)(C)C(C)(C)O2)CCC1.CC(C)(C)OC(=O)N[C@@H]1C=C(c2c(F)cc(C#N)c3c2C2=C(CCC2)C3)CCC1.N#Cc1cc(F)c(Br)c2c1CC1=C2CCC1.[Pd]. The first-order chi connectivity index (χ1) is 31.9. The van der Waals surface area contributed by atoms with Crippen LogP contribution in [0.25, 0.3) is 16.7 Å². The molecule has 10 nitrogen and oxygen atoms in total. The molecule has 1 fully saturated rings. The molecule has 2 aromatic rings. The van der Waals surface area contributed by atoms with Gasteiger partial charge in [-0.05, 0) is 232 Å². The molecule has 0 bridgehead atoms. The molecule has 2 amide bonds. The number of allylic oxidation sites excluding steroid dienone is 6. The van der Waals surface area contributed by atoms with Crippen molar-refractivity contribution in [3.8, 4) is 12.1 Å². The van der Waals surface area contributed by atoms with Gasteiger partial charge in [-0.1, -0.05) is 23.3 Å². The van der Waals surface area contributed by atoms with Crippen molar-refractivity contribution in [3.05, 3.63) is 96.0 Å². The molecule has 69 heavy (non-hydrogen) atoms. The van der Waals surface area contributed by atoms with Crippen molar-refractivity contribution in [2.45, 2.75) is 194 Å². The Labute approximate surface area is 430 Å². The van der Waals surface area contributed by atoms with E-state index in [1.165, 1.54) is 34.4 Å². The summed E-state index contributed by atoms with van der Waals surface area (Å²) in [5.74, 6) is -0.652. The molecular formula is C54H66BBrF2N4O6Pd. The first kappa shape index (κ1) is 54.2. The Bertz CT molecular complexity index is 2580. The molecule has 1 saturated heterocycles. The standard InChI is InChI=1S/C24H27FN2O2.C17H30BNO4.C13H9BrFN.Pd/c1-24(2,3)29-23(28)27-17-8-4-7-15(10-17)21-20(25)12-16(13-26)19-11-14-6-5-9-18(14)22(19)21;1-15(2,3)21-14(20)19-13-10-8-9-12(11-13)18-22-16(4,5)17(6,7)23-18;14-13-11(15)5-8(6-16)10-4-7-2-1-3-9(7)12(10)13;/h10,12,17H,4-9,11H2,1-3H3,(H,27,28);11,13H,8-10H2,1-7H3,(H,19,20);5H,1-4H2;/t17-;13-;;/m00../s1. The zero-order valence-corrected chi connectivity index (χ0v) is 44.9. The van der Waals surface area contributed by atoms with Gasteiger partial charge in [0.1, 0.15) is 22.8 Å². The van der Waals surface area contributed by atoms with E-state index in [-0.39, 0.29) is 68.6 Å². The molecule has 2 N–H and O–H groups in total. The topological polar surface area (TPSA) is 143 Å². The monoisotopic (exact) mass is 1100 g/mol. The molecule has 2 aromatic carbocycles. The molecule has 0 unspecified atom stereocenters. The van der Waals surface area contributed by atoms with Crippen molar-refractivity contribution < 1.29 is 57.6 Å². The van der Waals surface area contributed by atoms with E-state index in [9.17, 15) is 19.2 Å². The summed E-state index contributed by atoms with van der Waals surface area (Å²) in [7, 11) is -0.330. The molecule has 1 heterocycles. The maximum atomic E-state index is 15.2. The van der Waals surface area contributed by atoms with Crippen LogP contribution in [0.1, 0.15) is 185 Å². The van der Waals surface area contributed by atoms with E-state index < -0.39 is 17.3 Å². The minimum Gasteiger partial charge on any atom is -0.444 e. The van der Waals surface area contributed by atoms with Crippen LogP contribution in [0.15, 0.2) is 45.4 Å². The Balaban J connectivity index is 0.000000176. The average Bonchev–Trinajstić information content (AvgIpc) is 4.06. The molecule has 1 aliphatic heterocycles. The van der Waals surface area contributed by atoms with E-state index in [0.29, 0.717) is 21.2 Å². The summed E-state index contributed by atoms with van der Waals surface area (Å²) < 4.78 is 52.3. The maximum absolute atomic E-state index is 15.2. The average molecular weight is 1100 g/mol. The molecule has 9 rings (SSSR count). The molecule has 6 aliphatic carbocycles. The van der Waals surface area contributed by atoms with Crippen molar-refractivity contribution >= 4 is 52.0 Å². The van der Waals surface area contributed by atoms with Crippen molar-refractivity contribution in [2.75, 3.05) is 0 Å². The Morgan fingerprint density at radius 2 is 1.16 bits per heavy atom. The Kier molecular flexibility index (Phi) is 16.8. The zero-order chi connectivity index (χ0) is 49.5. The summed E-state index contributed by atoms with van der Waals surface area (Å²) in [4.78, 5) is 24.1. The summed E-state index contributed by atoms with van der Waals surface area (Å²) in [6.07, 6.45) is 16.5. The van der Waals surface area contributed by atoms with Gasteiger partial charge in [0.15, 0.2) is 0 Å². The van der Waals surface area contributed by atoms with Gasteiger partial charge < -0.3 is 29.4 Å². The van der Waals surface area contributed by atoms with Gasteiger partial charge in [0, 0.05) is 26.0 Å². The fraction of sp³-hybridized carbons (Fsp3) is 0.556. The van der Waals surface area contributed by atoms with Crippen LogP contribution in [0.3, 0.4) is 0 Å². The summed E-state index contributed by atoms with van der Waals surface area (Å²) in [6, 6.07) is 6.79. The minimum absolute atomic E-state index is 0. The number of benzene rings is 2. The van der Waals surface area contributed by atoms with E-state index in [1.807, 2.05) is 75.3 Å². The van der Waals surface area contributed by atoms with Gasteiger partial charge in [-0.25, -0.2) is 18.4 Å². The molecule has 372 valence electrons. The van der Waals surface area contributed by atoms with Gasteiger partial charge >= 0.3 is 19.3 Å². The summed E-state index contributed by atoms with van der Waals surface area (Å²) >= 11 is 3.31. The number of carbonyl (C=O) groups excluding carboxylic acids is 2. The number of alkyl carbamates (subject to hydrolysis) is 2. The van der Waals surface area contributed by atoms with Crippen LogP contribution in [0.4, 0.5) is 18.4 Å². The van der Waals surface area contributed by atoms with Crippen LogP contribution >= 0.6 is 15.9 Å². The van der Waals surface area contributed by atoms with Crippen LogP contribution in [0, 0.1) is 34.3 Å². The van der Waals surface area contributed by atoms with Crippen LogP contribution in [-0.4, -0.2) is 53.8 Å². The third-order valence-corrected chi connectivity index (χ3v) is 14.8. The number of halogens is 3. The van der Waals surface area contributed by atoms with Gasteiger partial charge in [-0.3, -0.25) is 0 Å². The van der Waals surface area contributed by atoms with Crippen LogP contribution in [0.2, 0.25) is 0 Å². The first-order valence-corrected chi connectivity index (χ1v) is 25.0. The number of nitriles is 2.